The standard InChI is InChI=1S/C29H33F2IN2O4/c1-15-6-5-7-16(2)24(15)18-11-19(25(31)20(30)12-18)21(13-23(36)37)33-28(38)26-27-29(3,4)32(27)14-34(26)22(35)10-17-8-9-17/h5-7,11-12,17,21,26-27H,8-10,13-14H2,1-4H3,(H,33,38)(H,36,37)/t21-,26-,27-/m0/s1. The molecule has 0 bridgehead atoms. The van der Waals surface area contributed by atoms with E-state index in [1.54, 1.807) is 4.90 Å². The van der Waals surface area contributed by atoms with Gasteiger partial charge in [-0.25, -0.2) is 0 Å². The summed E-state index contributed by atoms with van der Waals surface area (Å²) in [5.41, 5.74) is 2.67. The number of nitrogens with one attached hydrogen (secondary N) is 1. The van der Waals surface area contributed by atoms with Gasteiger partial charge in [0.05, 0.1) is 0 Å². The monoisotopic (exact) mass is 638 g/mol. The Morgan fingerprint density at radius 2 is 1.82 bits per heavy atom. The number of hydrogen-bond donors (Lipinski definition) is 2. The van der Waals surface area contributed by atoms with Crippen LogP contribution in [0.4, 0.5) is 8.78 Å². The molecule has 3 aliphatic rings. The number of hydrogen-bond acceptors (Lipinski definition) is 3. The van der Waals surface area contributed by atoms with Gasteiger partial charge in [-0.2, -0.15) is 0 Å². The Kier molecular flexibility index (Phi) is 7.02. The van der Waals surface area contributed by atoms with Gasteiger partial charge in [0.2, 0.25) is 0 Å². The third-order valence-electron chi connectivity index (χ3n) is 8.03. The number of nitrogens with zero attached hydrogens (tertiary/aromatic N) is 1. The Morgan fingerprint density at radius 3 is 2.42 bits per heavy atom. The number of rotatable bonds is 8. The molecule has 6 nitrogen and oxygen atoms in total. The number of fused-ring (bicyclic) bond motifs is 1. The first-order chi connectivity index (χ1) is 17.9. The Morgan fingerprint density at radius 1 is 1.16 bits per heavy atom. The first-order valence-electron chi connectivity index (χ1n) is 12.9. The molecule has 3 fully saturated rings. The average Bonchev–Trinajstić information content (AvgIpc) is 3.67. The van der Waals surface area contributed by atoms with E-state index in [9.17, 15) is 23.9 Å². The van der Waals surface area contributed by atoms with Crippen LogP contribution < -0.4 is 5.32 Å². The van der Waals surface area contributed by atoms with Crippen molar-refractivity contribution in [2.75, 3.05) is 4.55 Å². The number of carboxylic acid groups (broad SMARTS) is 1. The van der Waals surface area contributed by atoms with Crippen molar-refractivity contribution in [2.24, 2.45) is 5.92 Å². The normalized spacial score (nSPS) is 23.1. The van der Waals surface area contributed by atoms with E-state index in [4.69, 9.17) is 0 Å². The number of alkyl halides is 3. The molecule has 2 N–H and O–H groups in total. The summed E-state index contributed by atoms with van der Waals surface area (Å²) < 4.78 is 30.9. The molecule has 38 heavy (non-hydrogen) atoms. The van der Waals surface area contributed by atoms with Crippen LogP contribution in [0.15, 0.2) is 30.3 Å². The topological polar surface area (TPSA) is 86.7 Å². The molecular formula is C29H33F2IN2O4. The Hall–Kier alpha value is -2.56. The number of halogens is 3. The molecule has 2 heterocycles. The molecule has 2 aromatic carbocycles. The van der Waals surface area contributed by atoms with E-state index in [0.717, 1.165) is 35.6 Å². The first kappa shape index (κ1) is 27.0. The van der Waals surface area contributed by atoms with Crippen LogP contribution in [-0.2, 0) is 14.4 Å². The van der Waals surface area contributed by atoms with Gasteiger partial charge in [0.25, 0.3) is 0 Å². The van der Waals surface area contributed by atoms with Gasteiger partial charge < -0.3 is 0 Å². The number of carbonyl (C=O) groups excluding carboxylic acids is 2. The molecule has 0 radical (unpaired) electrons. The van der Waals surface area contributed by atoms with Crippen molar-refractivity contribution in [3.05, 3.63) is 58.7 Å². The molecule has 2 aliphatic heterocycles. The summed E-state index contributed by atoms with van der Waals surface area (Å²) in [6, 6.07) is 6.17. The zero-order chi connectivity index (χ0) is 27.5. The van der Waals surface area contributed by atoms with Crippen LogP contribution in [0.25, 0.3) is 11.1 Å². The van der Waals surface area contributed by atoms with Crippen molar-refractivity contribution < 1.29 is 28.3 Å². The summed E-state index contributed by atoms with van der Waals surface area (Å²) in [6.07, 6.45) is 1.86. The molecule has 2 amide bonds. The molecule has 9 heteroatoms. The van der Waals surface area contributed by atoms with Crippen LogP contribution in [-0.4, -0.2) is 45.7 Å². The average molecular weight is 638 g/mol. The molecule has 2 saturated heterocycles. The van der Waals surface area contributed by atoms with Gasteiger partial charge in [0.15, 0.2) is 0 Å². The molecule has 204 valence electrons. The zero-order valence-corrected chi connectivity index (χ0v) is 24.1. The van der Waals surface area contributed by atoms with Crippen molar-refractivity contribution >= 4 is 37.6 Å². The van der Waals surface area contributed by atoms with Gasteiger partial charge in [-0.1, -0.05) is 0 Å². The second-order valence-corrected chi connectivity index (χ2v) is 18.3. The van der Waals surface area contributed by atoms with Gasteiger partial charge in [-0.3, -0.25) is 0 Å². The van der Waals surface area contributed by atoms with Gasteiger partial charge in [-0.05, 0) is 0 Å². The van der Waals surface area contributed by atoms with E-state index in [0.29, 0.717) is 22.5 Å². The predicted octanol–water partition coefficient (Wildman–Crippen LogP) is 5.52. The number of carbonyl (C=O) groups is 3. The van der Waals surface area contributed by atoms with Gasteiger partial charge in [-0.15, -0.1) is 0 Å². The number of aliphatic carboxylic acids is 1. The van der Waals surface area contributed by atoms with Gasteiger partial charge in [0, 0.05) is 0 Å². The molecule has 1 saturated carbocycles. The van der Waals surface area contributed by atoms with Crippen molar-refractivity contribution in [2.45, 2.75) is 72.8 Å². The van der Waals surface area contributed by atoms with Crippen LogP contribution >= 0.6 is 19.8 Å². The molecule has 0 unspecified atom stereocenters. The summed E-state index contributed by atoms with van der Waals surface area (Å²) in [6.45, 7) is 7.99. The van der Waals surface area contributed by atoms with Crippen LogP contribution in [0.1, 0.15) is 62.3 Å². The fourth-order valence-corrected chi connectivity index (χ4v) is 14.5. The molecule has 5 rings (SSSR count). The zero-order valence-electron chi connectivity index (χ0n) is 22.0. The summed E-state index contributed by atoms with van der Waals surface area (Å²) in [7, 11) is 0. The van der Waals surface area contributed by atoms with E-state index < -0.39 is 61.8 Å². The molecule has 3 atom stereocenters. The van der Waals surface area contributed by atoms with Crippen molar-refractivity contribution in [3.63, 3.8) is 0 Å². The maximum absolute atomic E-state index is 15.2. The summed E-state index contributed by atoms with van der Waals surface area (Å²) in [5.74, 6) is -3.67. The second kappa shape index (κ2) is 9.88. The fraction of sp³-hybridized carbons (Fsp3) is 0.483. The SMILES string of the molecule is Cc1cccc(C)c1-c1cc(F)c(F)c([C@H](CC(=O)O)NC(=O)[C@@H]2[C@@H]3I(CN2C(=O)CC2CC2)C3(C)C)c1. The van der Waals surface area contributed by atoms with Crippen LogP contribution in [0, 0.1) is 31.4 Å². The number of aryl methyl sites for hydroxylation is 2. The summed E-state index contributed by atoms with van der Waals surface area (Å²) >= 11 is -1.58. The number of carboxylic acids is 1. The van der Waals surface area contributed by atoms with Crippen molar-refractivity contribution in [3.8, 4) is 11.1 Å². The first-order valence-corrected chi connectivity index (χ1v) is 16.8. The molecular weight excluding hydrogens is 605 g/mol. The van der Waals surface area contributed by atoms with Crippen molar-refractivity contribution in [1.29, 1.82) is 0 Å². The van der Waals surface area contributed by atoms with E-state index in [1.165, 1.54) is 6.07 Å². The Balaban J connectivity index is 1.48. The van der Waals surface area contributed by atoms with Crippen LogP contribution in [0.5, 0.6) is 0 Å². The Bertz CT molecular complexity index is 1310. The minimum atomic E-state index is -1.58. The summed E-state index contributed by atoms with van der Waals surface area (Å²) in [5, 5.41) is 12.4. The third-order valence-corrected chi connectivity index (χ3v) is 16.9. The third kappa shape index (κ3) is 4.94. The maximum atomic E-state index is 15.2. The second-order valence-electron chi connectivity index (χ2n) is 11.2. The van der Waals surface area contributed by atoms with Gasteiger partial charge >= 0.3 is 229 Å². The van der Waals surface area contributed by atoms with E-state index >= 15 is 4.39 Å². The van der Waals surface area contributed by atoms with Crippen LogP contribution in [0.2, 0.25) is 0 Å². The van der Waals surface area contributed by atoms with Crippen molar-refractivity contribution in [1.82, 2.24) is 10.2 Å². The van der Waals surface area contributed by atoms with Crippen LogP contribution in [0.3, 0.4) is 0 Å². The minimum absolute atomic E-state index is 0.0306. The summed E-state index contributed by atoms with van der Waals surface area (Å²) in [4.78, 5) is 40.3. The predicted molar refractivity (Wildman–Crippen MR) is 149 cm³/mol. The molecule has 1 aliphatic carbocycles. The number of amides is 2. The van der Waals surface area contributed by atoms with Gasteiger partial charge in [0.1, 0.15) is 0 Å². The Labute approximate surface area is 228 Å². The molecule has 0 aromatic heterocycles. The number of benzene rings is 2. The molecule has 2 aromatic rings. The van der Waals surface area contributed by atoms with E-state index in [1.807, 2.05) is 32.0 Å². The fourth-order valence-electron chi connectivity index (χ4n) is 5.75. The molecule has 0 spiro atoms. The quantitative estimate of drug-likeness (QED) is 0.227. The van der Waals surface area contributed by atoms with E-state index in [2.05, 4.69) is 19.2 Å². The van der Waals surface area contributed by atoms with E-state index in [-0.39, 0.29) is 18.8 Å².